The van der Waals surface area contributed by atoms with Crippen molar-refractivity contribution >= 4 is 57.7 Å². The Balaban J connectivity index is 1.47. The number of fused-ring (bicyclic) bond motifs is 8. The highest BCUT2D eigenvalue weighted by molar-refractivity contribution is 6.00. The highest BCUT2D eigenvalue weighted by Crippen LogP contribution is 2.39. The van der Waals surface area contributed by atoms with Gasteiger partial charge >= 0.3 is 0 Å². The van der Waals surface area contributed by atoms with Gasteiger partial charge in [-0.15, -0.1) is 0 Å². The Morgan fingerprint density at radius 3 is 1.04 bits per heavy atom. The number of rotatable bonds is 6. The van der Waals surface area contributed by atoms with E-state index in [1.54, 1.807) is 24.3 Å². The lowest BCUT2D eigenvalue weighted by Crippen LogP contribution is -1.91. The Morgan fingerprint density at radius 2 is 0.704 bits per heavy atom. The molecule has 258 valence electrons. The third-order valence-corrected chi connectivity index (χ3v) is 9.57. The van der Waals surface area contributed by atoms with E-state index in [9.17, 15) is 20.2 Å². The van der Waals surface area contributed by atoms with E-state index in [1.165, 1.54) is 12.1 Å². The van der Waals surface area contributed by atoms with E-state index in [-0.39, 0.29) is 11.4 Å². The summed E-state index contributed by atoms with van der Waals surface area (Å²) in [5.41, 5.74) is 11.8. The summed E-state index contributed by atoms with van der Waals surface area (Å²) in [5, 5.41) is 23.9. The van der Waals surface area contributed by atoms with E-state index in [0.717, 1.165) is 44.3 Å². The van der Waals surface area contributed by atoms with Crippen LogP contribution in [0.5, 0.6) is 0 Å². The molecule has 10 nitrogen and oxygen atoms in total. The smallest absolute Gasteiger partial charge is 0.270 e. The van der Waals surface area contributed by atoms with Crippen molar-refractivity contribution in [3.05, 3.63) is 176 Å². The van der Waals surface area contributed by atoms with Gasteiger partial charge in [0.25, 0.3) is 11.4 Å². The van der Waals surface area contributed by atoms with Gasteiger partial charge in [0.15, 0.2) is 0 Å². The number of H-pyrrole nitrogens is 2. The molecule has 2 aliphatic heterocycles. The van der Waals surface area contributed by atoms with E-state index < -0.39 is 9.85 Å². The molecule has 7 aromatic rings. The summed E-state index contributed by atoms with van der Waals surface area (Å²) in [6.45, 7) is 0. The lowest BCUT2D eigenvalue weighted by atomic mass is 10.0. The molecule has 0 spiro atoms. The van der Waals surface area contributed by atoms with Gasteiger partial charge in [0.1, 0.15) is 0 Å². The number of non-ortho nitro benzene ring substituents is 2. The van der Waals surface area contributed by atoms with E-state index in [4.69, 9.17) is 9.97 Å². The topological polar surface area (TPSA) is 144 Å². The molecule has 0 fully saturated rings. The molecular formula is C44H28N6O4. The molecule has 0 radical (unpaired) electrons. The van der Waals surface area contributed by atoms with Crippen molar-refractivity contribution in [1.82, 2.24) is 19.9 Å². The first-order valence-electron chi connectivity index (χ1n) is 17.2. The van der Waals surface area contributed by atoms with Crippen LogP contribution in [0.3, 0.4) is 0 Å². The molecule has 3 aromatic heterocycles. The fraction of sp³-hybridized carbons (Fsp3) is 0. The van der Waals surface area contributed by atoms with Crippen molar-refractivity contribution in [2.24, 2.45) is 0 Å². The average Bonchev–Trinajstić information content (AvgIpc) is 4.04. The molecule has 0 saturated heterocycles. The minimum atomic E-state index is -0.396. The third-order valence-electron chi connectivity index (χ3n) is 9.57. The second-order valence-corrected chi connectivity index (χ2v) is 12.8. The summed E-state index contributed by atoms with van der Waals surface area (Å²) in [4.78, 5) is 40.7. The Hall–Kier alpha value is -7.72. The first kappa shape index (κ1) is 32.2. The average molecular weight is 705 g/mol. The van der Waals surface area contributed by atoms with Crippen LogP contribution in [-0.4, -0.2) is 29.8 Å². The predicted molar refractivity (Wildman–Crippen MR) is 214 cm³/mol. The zero-order valence-electron chi connectivity index (χ0n) is 28.4. The van der Waals surface area contributed by atoms with Gasteiger partial charge in [0.05, 0.1) is 32.6 Å². The number of nitrogens with zero attached hydrogens (tertiary/aromatic N) is 4. The molecule has 0 atom stereocenters. The van der Waals surface area contributed by atoms with Gasteiger partial charge < -0.3 is 9.97 Å². The molecule has 4 aromatic carbocycles. The molecule has 2 N–H and O–H groups in total. The molecule has 54 heavy (non-hydrogen) atoms. The van der Waals surface area contributed by atoms with Crippen molar-refractivity contribution in [2.75, 3.05) is 0 Å². The van der Waals surface area contributed by atoms with Crippen molar-refractivity contribution in [2.45, 2.75) is 0 Å². The van der Waals surface area contributed by atoms with Crippen LogP contribution in [-0.2, 0) is 0 Å². The molecule has 10 heteroatoms. The van der Waals surface area contributed by atoms with Gasteiger partial charge in [-0.05, 0) is 70.8 Å². The van der Waals surface area contributed by atoms with Crippen LogP contribution in [0.2, 0.25) is 0 Å². The Kier molecular flexibility index (Phi) is 7.82. The Labute approximate surface area is 307 Å². The second-order valence-electron chi connectivity index (χ2n) is 12.8. The van der Waals surface area contributed by atoms with E-state index in [1.807, 2.05) is 121 Å². The van der Waals surface area contributed by atoms with Crippen LogP contribution in [0.25, 0.3) is 90.9 Å². The number of aromatic nitrogens is 4. The number of benzene rings is 4. The van der Waals surface area contributed by atoms with Crippen LogP contribution >= 0.6 is 0 Å². The van der Waals surface area contributed by atoms with Crippen LogP contribution in [0, 0.1) is 20.2 Å². The van der Waals surface area contributed by atoms with E-state index >= 15 is 0 Å². The largest absolute Gasteiger partial charge is 0.354 e. The normalized spacial score (nSPS) is 11.9. The maximum Gasteiger partial charge on any atom is 0.270 e. The van der Waals surface area contributed by atoms with Crippen LogP contribution < -0.4 is 0 Å². The number of aromatic amines is 2. The maximum absolute atomic E-state index is 11.9. The lowest BCUT2D eigenvalue weighted by molar-refractivity contribution is -0.385. The summed E-state index contributed by atoms with van der Waals surface area (Å²) >= 11 is 0. The molecule has 0 aliphatic carbocycles. The molecule has 0 amide bonds. The first-order chi connectivity index (χ1) is 26.4. The fourth-order valence-electron chi connectivity index (χ4n) is 7.18. The number of nitro groups is 2. The van der Waals surface area contributed by atoms with Gasteiger partial charge in [-0.2, -0.15) is 0 Å². The monoisotopic (exact) mass is 704 g/mol. The van der Waals surface area contributed by atoms with Crippen molar-refractivity contribution in [1.29, 1.82) is 0 Å². The summed E-state index contributed by atoms with van der Waals surface area (Å²) in [7, 11) is 0. The van der Waals surface area contributed by atoms with Crippen LogP contribution in [0.15, 0.2) is 133 Å². The predicted octanol–water partition coefficient (Wildman–Crippen LogP) is 11.1. The van der Waals surface area contributed by atoms with E-state index in [0.29, 0.717) is 45.0 Å². The molecule has 9 rings (SSSR count). The summed E-state index contributed by atoms with van der Waals surface area (Å²) in [6, 6.07) is 40.9. The maximum atomic E-state index is 11.9. The molecule has 8 bridgehead atoms. The van der Waals surface area contributed by atoms with Crippen molar-refractivity contribution < 1.29 is 9.85 Å². The van der Waals surface area contributed by atoms with E-state index in [2.05, 4.69) is 9.97 Å². The quantitative estimate of drug-likeness (QED) is 0.130. The Morgan fingerprint density at radius 1 is 0.389 bits per heavy atom. The number of hydrogen-bond acceptors (Lipinski definition) is 6. The number of nitro benzene ring substituents is 2. The van der Waals surface area contributed by atoms with Gasteiger partial charge in [0, 0.05) is 68.6 Å². The summed E-state index contributed by atoms with van der Waals surface area (Å²) in [6.07, 6.45) is 7.77. The zero-order chi connectivity index (χ0) is 36.8. The van der Waals surface area contributed by atoms with Crippen LogP contribution in [0.1, 0.15) is 22.8 Å². The van der Waals surface area contributed by atoms with Gasteiger partial charge in [-0.1, -0.05) is 84.9 Å². The highest BCUT2D eigenvalue weighted by atomic mass is 16.6. The SMILES string of the molecule is O=[N+]([O-])c1cccc(-c2c3nc(c(-c4ccccc4)c4ccc([nH]4)c(-c4cccc([N+](=O)[O-])c4)c4nc(c(-c5ccccc5)c5ccc2[nH]5)C=C4)C=C3)c1. The van der Waals surface area contributed by atoms with Gasteiger partial charge in [0.2, 0.25) is 0 Å². The minimum absolute atomic E-state index is 0.0259. The molecule has 2 aliphatic rings. The molecular weight excluding hydrogens is 677 g/mol. The minimum Gasteiger partial charge on any atom is -0.354 e. The third kappa shape index (κ3) is 5.73. The number of nitrogens with one attached hydrogen (secondary N) is 2. The molecule has 5 heterocycles. The fourth-order valence-corrected chi connectivity index (χ4v) is 7.18. The van der Waals surface area contributed by atoms with Gasteiger partial charge in [-0.3, -0.25) is 20.2 Å². The summed E-state index contributed by atoms with van der Waals surface area (Å²) < 4.78 is 0. The highest BCUT2D eigenvalue weighted by Gasteiger charge is 2.20. The standard InChI is InChI=1S/C44H28N6O4/c51-49(52)31-15-7-13-29(25-31)43-37-21-17-33(45-37)41(27-9-3-1-4-10-27)34-18-22-38(46-34)44(30-14-8-16-32(26-30)50(53)54)40-24-20-36(48-40)42(28-11-5-2-6-12-28)35-19-23-39(43)47-35/h1-26,45,48H. The van der Waals surface area contributed by atoms with Gasteiger partial charge in [-0.25, -0.2) is 9.97 Å². The zero-order valence-corrected chi connectivity index (χ0v) is 28.4. The van der Waals surface area contributed by atoms with Crippen molar-refractivity contribution in [3.8, 4) is 44.5 Å². The molecule has 0 saturated carbocycles. The second kappa shape index (κ2) is 13.1. The van der Waals surface area contributed by atoms with Crippen LogP contribution in [0.4, 0.5) is 11.4 Å². The number of hydrogen-bond donors (Lipinski definition) is 2. The lowest BCUT2D eigenvalue weighted by Gasteiger charge is -2.07. The first-order valence-corrected chi connectivity index (χ1v) is 17.2. The summed E-state index contributed by atoms with van der Waals surface area (Å²) in [5.74, 6) is 0. The molecule has 0 unspecified atom stereocenters. The Bertz CT molecular complexity index is 2690. The van der Waals surface area contributed by atoms with Crippen molar-refractivity contribution in [3.63, 3.8) is 0 Å².